The number of carbonyl (C=O) groups excluding carboxylic acids is 1. The van der Waals surface area contributed by atoms with Gasteiger partial charge in [-0.3, -0.25) is 0 Å². The molecule has 5 heteroatoms. The van der Waals surface area contributed by atoms with E-state index in [1.807, 2.05) is 0 Å². The highest BCUT2D eigenvalue weighted by Crippen LogP contribution is 2.19. The highest BCUT2D eigenvalue weighted by atomic mass is 19.1. The summed E-state index contributed by atoms with van der Waals surface area (Å²) in [5.41, 5.74) is -0.667. The van der Waals surface area contributed by atoms with Crippen molar-refractivity contribution >= 4 is 6.03 Å². The summed E-state index contributed by atoms with van der Waals surface area (Å²) < 4.78 is 12.8. The van der Waals surface area contributed by atoms with E-state index >= 15 is 0 Å². The Balaban J connectivity index is 2.39. The molecule has 3 N–H and O–H groups in total. The van der Waals surface area contributed by atoms with Crippen molar-refractivity contribution in [3.05, 3.63) is 35.6 Å². The number of amides is 2. The molecule has 0 fully saturated rings. The lowest BCUT2D eigenvalue weighted by molar-refractivity contribution is 0.0593. The van der Waals surface area contributed by atoms with Gasteiger partial charge >= 0.3 is 6.03 Å². The molecule has 0 aliphatic heterocycles. The summed E-state index contributed by atoms with van der Waals surface area (Å²) in [6, 6.07) is 5.29. The quantitative estimate of drug-likeness (QED) is 0.673. The van der Waals surface area contributed by atoms with E-state index in [2.05, 4.69) is 17.6 Å². The van der Waals surface area contributed by atoms with Crippen LogP contribution in [0.5, 0.6) is 0 Å². The zero-order chi connectivity index (χ0) is 15.0. The second kappa shape index (κ2) is 7.85. The maximum absolute atomic E-state index is 12.8. The summed E-state index contributed by atoms with van der Waals surface area (Å²) in [6.45, 7) is 4.37. The molecule has 4 nitrogen and oxygen atoms in total. The number of hydrogen-bond acceptors (Lipinski definition) is 2. The molecule has 0 heterocycles. The van der Waals surface area contributed by atoms with E-state index in [1.54, 1.807) is 6.92 Å². The average molecular weight is 282 g/mol. The lowest BCUT2D eigenvalue weighted by Gasteiger charge is -2.24. The largest absolute Gasteiger partial charge is 0.384 e. The monoisotopic (exact) mass is 282 g/mol. The maximum Gasteiger partial charge on any atom is 0.314 e. The Morgan fingerprint density at radius 3 is 2.50 bits per heavy atom. The number of benzene rings is 1. The van der Waals surface area contributed by atoms with E-state index in [1.165, 1.54) is 24.3 Å². The van der Waals surface area contributed by atoms with E-state index in [0.717, 1.165) is 19.3 Å². The third-order valence-corrected chi connectivity index (χ3v) is 3.13. The van der Waals surface area contributed by atoms with E-state index in [4.69, 9.17) is 0 Å². The van der Waals surface area contributed by atoms with Gasteiger partial charge in [-0.15, -0.1) is 0 Å². The smallest absolute Gasteiger partial charge is 0.314 e. The van der Waals surface area contributed by atoms with Crippen LogP contribution in [0, 0.1) is 5.82 Å². The van der Waals surface area contributed by atoms with Crippen molar-refractivity contribution in [1.82, 2.24) is 10.6 Å². The minimum absolute atomic E-state index is 0.0677. The van der Waals surface area contributed by atoms with Crippen LogP contribution in [0.2, 0.25) is 0 Å². The molecule has 0 aliphatic rings. The van der Waals surface area contributed by atoms with Gasteiger partial charge in [0, 0.05) is 6.54 Å². The van der Waals surface area contributed by atoms with Gasteiger partial charge in [-0.2, -0.15) is 0 Å². The zero-order valence-corrected chi connectivity index (χ0v) is 12.1. The Labute approximate surface area is 119 Å². The molecule has 0 saturated heterocycles. The lowest BCUT2D eigenvalue weighted by Crippen LogP contribution is -2.43. The predicted octanol–water partition coefficient (Wildman–Crippen LogP) is 2.52. The summed E-state index contributed by atoms with van der Waals surface area (Å²) >= 11 is 0. The molecule has 0 radical (unpaired) electrons. The van der Waals surface area contributed by atoms with E-state index in [0.29, 0.717) is 12.1 Å². The minimum Gasteiger partial charge on any atom is -0.384 e. The van der Waals surface area contributed by atoms with Gasteiger partial charge in [-0.1, -0.05) is 31.9 Å². The Hall–Kier alpha value is -1.62. The van der Waals surface area contributed by atoms with Crippen molar-refractivity contribution in [2.75, 3.05) is 13.1 Å². The molecular formula is C15H23FN2O2. The molecule has 1 rings (SSSR count). The number of carbonyl (C=O) groups is 1. The van der Waals surface area contributed by atoms with E-state index in [9.17, 15) is 14.3 Å². The molecule has 0 saturated carbocycles. The fourth-order valence-corrected chi connectivity index (χ4v) is 1.80. The fourth-order valence-electron chi connectivity index (χ4n) is 1.80. The number of hydrogen-bond donors (Lipinski definition) is 3. The predicted molar refractivity (Wildman–Crippen MR) is 76.9 cm³/mol. The summed E-state index contributed by atoms with van der Waals surface area (Å²) in [5, 5.41) is 15.6. The van der Waals surface area contributed by atoms with Gasteiger partial charge in [-0.25, -0.2) is 9.18 Å². The topological polar surface area (TPSA) is 61.4 Å². The molecule has 0 aromatic heterocycles. The molecule has 1 aromatic rings. The molecule has 20 heavy (non-hydrogen) atoms. The average Bonchev–Trinajstić information content (AvgIpc) is 2.42. The Morgan fingerprint density at radius 1 is 1.25 bits per heavy atom. The summed E-state index contributed by atoms with van der Waals surface area (Å²) in [4.78, 5) is 11.5. The second-order valence-corrected chi connectivity index (χ2v) is 5.10. The summed E-state index contributed by atoms with van der Waals surface area (Å²) in [7, 11) is 0. The maximum atomic E-state index is 12.8. The van der Waals surface area contributed by atoms with Gasteiger partial charge in [-0.05, 0) is 31.0 Å². The van der Waals surface area contributed by atoms with Crippen LogP contribution in [0.25, 0.3) is 0 Å². The Kier molecular flexibility index (Phi) is 6.45. The zero-order valence-electron chi connectivity index (χ0n) is 12.1. The van der Waals surface area contributed by atoms with E-state index < -0.39 is 5.60 Å². The van der Waals surface area contributed by atoms with Crippen molar-refractivity contribution in [1.29, 1.82) is 0 Å². The van der Waals surface area contributed by atoms with Crippen LogP contribution in [-0.2, 0) is 5.60 Å². The van der Waals surface area contributed by atoms with Crippen LogP contribution in [0.15, 0.2) is 24.3 Å². The summed E-state index contributed by atoms with van der Waals surface area (Å²) in [5.74, 6) is -0.355. The number of halogens is 1. The van der Waals surface area contributed by atoms with Gasteiger partial charge in [0.05, 0.1) is 6.54 Å². The number of unbranched alkanes of at least 4 members (excludes halogenated alkanes) is 2. The highest BCUT2D eigenvalue weighted by molar-refractivity contribution is 5.73. The van der Waals surface area contributed by atoms with Crippen LogP contribution < -0.4 is 10.6 Å². The number of rotatable bonds is 7. The van der Waals surface area contributed by atoms with Gasteiger partial charge in [0.25, 0.3) is 0 Å². The Bertz CT molecular complexity index is 418. The SMILES string of the molecule is CCCCCNC(=O)NCC(C)(O)c1ccc(F)cc1. The first-order valence-electron chi connectivity index (χ1n) is 6.96. The van der Waals surface area contributed by atoms with Gasteiger partial charge in [0.15, 0.2) is 0 Å². The van der Waals surface area contributed by atoms with Crippen molar-refractivity contribution in [3.63, 3.8) is 0 Å². The number of urea groups is 1. The molecule has 0 aliphatic carbocycles. The van der Waals surface area contributed by atoms with Crippen molar-refractivity contribution in [2.24, 2.45) is 0 Å². The molecule has 0 bridgehead atoms. The molecule has 1 unspecified atom stereocenters. The second-order valence-electron chi connectivity index (χ2n) is 5.10. The van der Waals surface area contributed by atoms with Gasteiger partial charge in [0.2, 0.25) is 0 Å². The Morgan fingerprint density at radius 2 is 1.90 bits per heavy atom. The molecule has 1 atom stereocenters. The molecule has 0 spiro atoms. The van der Waals surface area contributed by atoms with Gasteiger partial charge in [0.1, 0.15) is 11.4 Å². The first-order chi connectivity index (χ1) is 9.45. The minimum atomic E-state index is -1.23. The summed E-state index contributed by atoms with van der Waals surface area (Å²) in [6.07, 6.45) is 3.12. The van der Waals surface area contributed by atoms with Crippen molar-refractivity contribution in [2.45, 2.75) is 38.7 Å². The van der Waals surface area contributed by atoms with Crippen LogP contribution in [0.3, 0.4) is 0 Å². The lowest BCUT2D eigenvalue weighted by atomic mass is 9.96. The van der Waals surface area contributed by atoms with Crippen LogP contribution in [0.4, 0.5) is 9.18 Å². The molecule has 112 valence electrons. The highest BCUT2D eigenvalue weighted by Gasteiger charge is 2.23. The molecule has 2 amide bonds. The van der Waals surface area contributed by atoms with Crippen LogP contribution in [-0.4, -0.2) is 24.2 Å². The first-order valence-corrected chi connectivity index (χ1v) is 6.96. The van der Waals surface area contributed by atoms with Crippen molar-refractivity contribution < 1.29 is 14.3 Å². The third kappa shape index (κ3) is 5.57. The number of nitrogens with one attached hydrogen (secondary N) is 2. The van der Waals surface area contributed by atoms with Crippen LogP contribution >= 0.6 is 0 Å². The first kappa shape index (κ1) is 16.4. The molecular weight excluding hydrogens is 259 g/mol. The fraction of sp³-hybridized carbons (Fsp3) is 0.533. The normalized spacial score (nSPS) is 13.6. The third-order valence-electron chi connectivity index (χ3n) is 3.13. The van der Waals surface area contributed by atoms with Crippen LogP contribution in [0.1, 0.15) is 38.7 Å². The van der Waals surface area contributed by atoms with Gasteiger partial charge < -0.3 is 15.7 Å². The number of aliphatic hydroxyl groups is 1. The van der Waals surface area contributed by atoms with E-state index in [-0.39, 0.29) is 18.4 Å². The van der Waals surface area contributed by atoms with Crippen molar-refractivity contribution in [3.8, 4) is 0 Å². The standard InChI is InChI=1S/C15H23FN2O2/c1-3-4-5-10-17-14(19)18-11-15(2,20)12-6-8-13(16)9-7-12/h6-9,20H,3-5,10-11H2,1-2H3,(H2,17,18,19). The molecule has 1 aromatic carbocycles.